The smallest absolute Gasteiger partial charge is 0.292 e. The summed E-state index contributed by atoms with van der Waals surface area (Å²) in [4.78, 5) is 10.5. The number of hydrogen-bond acceptors (Lipinski definition) is 4. The second-order valence-electron chi connectivity index (χ2n) is 4.69. The normalized spacial score (nSPS) is 10.5. The maximum absolute atomic E-state index is 10.9. The van der Waals surface area contributed by atoms with E-state index >= 15 is 0 Å². The van der Waals surface area contributed by atoms with Gasteiger partial charge in [0.2, 0.25) is 0 Å². The maximum atomic E-state index is 10.9. The van der Waals surface area contributed by atoms with Crippen molar-refractivity contribution in [3.05, 3.63) is 69.8 Å². The van der Waals surface area contributed by atoms with E-state index in [9.17, 15) is 10.1 Å². The Balaban J connectivity index is 1.94. The van der Waals surface area contributed by atoms with Crippen molar-refractivity contribution in [2.45, 2.75) is 13.3 Å². The molecule has 2 aromatic carbocycles. The highest BCUT2D eigenvalue weighted by molar-refractivity contribution is 7.80. The SMILES string of the molecule is CCc1ccc(/C=N\NC(=S)Nc2ccccc2[N+](=O)[O-])cc1. The molecule has 0 radical (unpaired) electrons. The molecular weight excluding hydrogens is 312 g/mol. The van der Waals surface area contributed by atoms with Crippen molar-refractivity contribution < 1.29 is 4.92 Å². The fraction of sp³-hybridized carbons (Fsp3) is 0.125. The van der Waals surface area contributed by atoms with Crippen LogP contribution in [0.5, 0.6) is 0 Å². The molecule has 2 aromatic rings. The van der Waals surface area contributed by atoms with Gasteiger partial charge in [0, 0.05) is 6.07 Å². The summed E-state index contributed by atoms with van der Waals surface area (Å²) in [6, 6.07) is 14.3. The van der Waals surface area contributed by atoms with Crippen LogP contribution in [0.25, 0.3) is 0 Å². The van der Waals surface area contributed by atoms with Crippen molar-refractivity contribution in [2.24, 2.45) is 5.10 Å². The van der Waals surface area contributed by atoms with Gasteiger partial charge >= 0.3 is 0 Å². The minimum absolute atomic E-state index is 0.0456. The number of rotatable bonds is 5. The number of hydrazone groups is 1. The van der Waals surface area contributed by atoms with Crippen LogP contribution in [-0.4, -0.2) is 16.3 Å². The van der Waals surface area contributed by atoms with E-state index in [2.05, 4.69) is 22.8 Å². The first-order valence-corrected chi connectivity index (χ1v) is 7.43. The molecule has 0 aliphatic heterocycles. The molecule has 0 aliphatic carbocycles. The van der Waals surface area contributed by atoms with Crippen molar-refractivity contribution in [3.63, 3.8) is 0 Å². The first kappa shape index (κ1) is 16.6. The number of anilines is 1. The number of aryl methyl sites for hydroxylation is 1. The van der Waals surface area contributed by atoms with E-state index in [1.54, 1.807) is 24.4 Å². The molecule has 0 amide bonds. The van der Waals surface area contributed by atoms with E-state index in [0.717, 1.165) is 12.0 Å². The van der Waals surface area contributed by atoms with Crippen LogP contribution in [-0.2, 0) is 6.42 Å². The minimum Gasteiger partial charge on any atom is -0.326 e. The van der Waals surface area contributed by atoms with Gasteiger partial charge in [-0.25, -0.2) is 0 Å². The summed E-state index contributed by atoms with van der Waals surface area (Å²) in [6.45, 7) is 2.09. The summed E-state index contributed by atoms with van der Waals surface area (Å²) in [5.41, 5.74) is 5.10. The molecule has 0 saturated heterocycles. The van der Waals surface area contributed by atoms with Crippen LogP contribution in [0.3, 0.4) is 0 Å². The van der Waals surface area contributed by atoms with Crippen LogP contribution in [0.2, 0.25) is 0 Å². The molecule has 2 N–H and O–H groups in total. The third-order valence-electron chi connectivity index (χ3n) is 3.12. The van der Waals surface area contributed by atoms with Crippen LogP contribution >= 0.6 is 12.2 Å². The second-order valence-corrected chi connectivity index (χ2v) is 5.10. The quantitative estimate of drug-likeness (QED) is 0.380. The lowest BCUT2D eigenvalue weighted by Gasteiger charge is -2.07. The van der Waals surface area contributed by atoms with E-state index in [0.29, 0.717) is 5.69 Å². The van der Waals surface area contributed by atoms with Gasteiger partial charge in [-0.15, -0.1) is 0 Å². The highest BCUT2D eigenvalue weighted by Crippen LogP contribution is 2.22. The molecule has 7 heteroatoms. The zero-order valence-corrected chi connectivity index (χ0v) is 13.3. The second kappa shape index (κ2) is 8.00. The van der Waals surface area contributed by atoms with Crippen LogP contribution in [0.15, 0.2) is 53.6 Å². The summed E-state index contributed by atoms with van der Waals surface area (Å²) in [5, 5.41) is 17.9. The van der Waals surface area contributed by atoms with Gasteiger partial charge in [0.15, 0.2) is 5.11 Å². The van der Waals surface area contributed by atoms with Crippen LogP contribution in [0.4, 0.5) is 11.4 Å². The number of nitrogens with one attached hydrogen (secondary N) is 2. The van der Waals surface area contributed by atoms with Gasteiger partial charge in [-0.1, -0.05) is 43.3 Å². The molecule has 0 fully saturated rings. The fourth-order valence-electron chi connectivity index (χ4n) is 1.89. The molecule has 0 atom stereocenters. The van der Waals surface area contributed by atoms with Gasteiger partial charge in [0.1, 0.15) is 5.69 Å². The number of nitrogens with zero attached hydrogens (tertiary/aromatic N) is 2. The zero-order valence-electron chi connectivity index (χ0n) is 12.5. The molecular formula is C16H16N4O2S. The number of hydrogen-bond donors (Lipinski definition) is 2. The van der Waals surface area contributed by atoms with Crippen LogP contribution in [0.1, 0.15) is 18.1 Å². The van der Waals surface area contributed by atoms with Gasteiger partial charge in [0.25, 0.3) is 5.69 Å². The molecule has 0 aromatic heterocycles. The summed E-state index contributed by atoms with van der Waals surface area (Å²) < 4.78 is 0. The Hall–Kier alpha value is -2.80. The van der Waals surface area contributed by atoms with E-state index in [1.165, 1.54) is 11.6 Å². The van der Waals surface area contributed by atoms with Crippen molar-refractivity contribution in [1.82, 2.24) is 5.43 Å². The lowest BCUT2D eigenvalue weighted by atomic mass is 10.1. The molecule has 0 aliphatic rings. The Labute approximate surface area is 139 Å². The fourth-order valence-corrected chi connectivity index (χ4v) is 2.06. The predicted octanol–water partition coefficient (Wildman–Crippen LogP) is 3.48. The van der Waals surface area contributed by atoms with Crippen LogP contribution < -0.4 is 10.7 Å². The number of benzene rings is 2. The molecule has 0 bridgehead atoms. The topological polar surface area (TPSA) is 79.6 Å². The van der Waals surface area contributed by atoms with Crippen molar-refractivity contribution >= 4 is 34.9 Å². The largest absolute Gasteiger partial charge is 0.326 e. The molecule has 6 nitrogen and oxygen atoms in total. The summed E-state index contributed by atoms with van der Waals surface area (Å²) in [5.74, 6) is 0. The molecule has 118 valence electrons. The summed E-state index contributed by atoms with van der Waals surface area (Å²) >= 11 is 5.08. The first-order chi connectivity index (χ1) is 11.1. The number of thiocarbonyl (C=S) groups is 1. The first-order valence-electron chi connectivity index (χ1n) is 7.02. The maximum Gasteiger partial charge on any atom is 0.292 e. The molecule has 0 saturated carbocycles. The third-order valence-corrected chi connectivity index (χ3v) is 3.31. The Kier molecular flexibility index (Phi) is 5.76. The summed E-state index contributed by atoms with van der Waals surface area (Å²) in [7, 11) is 0. The van der Waals surface area contributed by atoms with Gasteiger partial charge in [-0.2, -0.15) is 5.10 Å². The highest BCUT2D eigenvalue weighted by Gasteiger charge is 2.12. The molecule has 0 heterocycles. The highest BCUT2D eigenvalue weighted by atomic mass is 32.1. The third kappa shape index (κ3) is 4.86. The summed E-state index contributed by atoms with van der Waals surface area (Å²) in [6.07, 6.45) is 2.62. The number of nitro benzene ring substituents is 1. The van der Waals surface area contributed by atoms with Crippen LogP contribution in [0, 0.1) is 10.1 Å². The van der Waals surface area contributed by atoms with E-state index in [4.69, 9.17) is 12.2 Å². The Morgan fingerprint density at radius 3 is 2.61 bits per heavy atom. The Morgan fingerprint density at radius 1 is 1.26 bits per heavy atom. The zero-order chi connectivity index (χ0) is 16.7. The van der Waals surface area contributed by atoms with Gasteiger partial charge < -0.3 is 5.32 Å². The predicted molar refractivity (Wildman–Crippen MR) is 95.9 cm³/mol. The Bertz CT molecular complexity index is 729. The van der Waals surface area contributed by atoms with E-state index < -0.39 is 4.92 Å². The average Bonchev–Trinajstić information content (AvgIpc) is 2.56. The van der Waals surface area contributed by atoms with Gasteiger partial charge in [-0.3, -0.25) is 15.5 Å². The standard InChI is InChI=1S/C16H16N4O2S/c1-2-12-7-9-13(10-8-12)11-17-19-16(23)18-14-5-3-4-6-15(14)20(21)22/h3-11H,2H2,1H3,(H2,18,19,23)/b17-11-. The van der Waals surface area contributed by atoms with Gasteiger partial charge in [0.05, 0.1) is 11.1 Å². The molecule has 2 rings (SSSR count). The molecule has 23 heavy (non-hydrogen) atoms. The monoisotopic (exact) mass is 328 g/mol. The number of para-hydroxylation sites is 2. The van der Waals surface area contributed by atoms with Crippen molar-refractivity contribution in [2.75, 3.05) is 5.32 Å². The van der Waals surface area contributed by atoms with Gasteiger partial charge in [-0.05, 0) is 35.8 Å². The molecule has 0 unspecified atom stereocenters. The minimum atomic E-state index is -0.469. The van der Waals surface area contributed by atoms with E-state index in [1.807, 2.05) is 24.3 Å². The lowest BCUT2D eigenvalue weighted by Crippen LogP contribution is -2.24. The van der Waals surface area contributed by atoms with Crippen molar-refractivity contribution in [1.29, 1.82) is 0 Å². The molecule has 0 spiro atoms. The average molecular weight is 328 g/mol. The number of nitro groups is 1. The Morgan fingerprint density at radius 2 is 1.96 bits per heavy atom. The van der Waals surface area contributed by atoms with E-state index in [-0.39, 0.29) is 10.8 Å². The van der Waals surface area contributed by atoms with Crippen molar-refractivity contribution in [3.8, 4) is 0 Å². The lowest BCUT2D eigenvalue weighted by molar-refractivity contribution is -0.383.